The number of amides is 1. The molecule has 0 bridgehead atoms. The van der Waals surface area contributed by atoms with E-state index in [4.69, 9.17) is 0 Å². The minimum absolute atomic E-state index is 0.244. The van der Waals surface area contributed by atoms with Gasteiger partial charge < -0.3 is 10.2 Å². The molecule has 1 heterocycles. The second-order valence-electron chi connectivity index (χ2n) is 5.57. The van der Waals surface area contributed by atoms with Crippen molar-refractivity contribution < 1.29 is 4.79 Å². The van der Waals surface area contributed by atoms with Crippen molar-refractivity contribution in [2.24, 2.45) is 0 Å². The Labute approximate surface area is 129 Å². The zero-order chi connectivity index (χ0) is 14.5. The molecule has 0 saturated carbocycles. The highest BCUT2D eigenvalue weighted by molar-refractivity contribution is 9.10. The number of hydrogen-bond donors (Lipinski definition) is 1. The number of hydrogen-bond acceptors (Lipinski definition) is 2. The number of halogens is 1. The summed E-state index contributed by atoms with van der Waals surface area (Å²) in [5.41, 5.74) is 1.21. The Kier molecular flexibility index (Phi) is 5.61. The van der Waals surface area contributed by atoms with Crippen LogP contribution in [0.4, 0.5) is 0 Å². The molecule has 4 heteroatoms. The van der Waals surface area contributed by atoms with Gasteiger partial charge >= 0.3 is 0 Å². The van der Waals surface area contributed by atoms with Gasteiger partial charge in [0.2, 0.25) is 5.91 Å². The Morgan fingerprint density at radius 2 is 2.25 bits per heavy atom. The number of benzene rings is 1. The average Bonchev–Trinajstić information content (AvgIpc) is 2.88. The van der Waals surface area contributed by atoms with Crippen LogP contribution in [0.5, 0.6) is 0 Å². The third-order valence-electron chi connectivity index (χ3n) is 4.05. The molecular weight excluding hydrogens is 316 g/mol. The topological polar surface area (TPSA) is 32.3 Å². The van der Waals surface area contributed by atoms with Gasteiger partial charge in [-0.3, -0.25) is 4.79 Å². The Hall–Kier alpha value is -0.870. The van der Waals surface area contributed by atoms with Crippen LogP contribution in [0.15, 0.2) is 28.7 Å². The van der Waals surface area contributed by atoms with E-state index in [1.807, 2.05) is 25.2 Å². The van der Waals surface area contributed by atoms with E-state index in [0.29, 0.717) is 12.5 Å². The average molecular weight is 339 g/mol. The lowest BCUT2D eigenvalue weighted by Crippen LogP contribution is -2.41. The van der Waals surface area contributed by atoms with Crippen LogP contribution in [0.3, 0.4) is 0 Å². The summed E-state index contributed by atoms with van der Waals surface area (Å²) >= 11 is 3.57. The Bertz CT molecular complexity index is 464. The number of likely N-dealkylation sites (tertiary alicyclic amines) is 1. The first-order valence-electron chi connectivity index (χ1n) is 7.32. The van der Waals surface area contributed by atoms with E-state index in [-0.39, 0.29) is 11.8 Å². The smallest absolute Gasteiger partial charge is 0.223 e. The number of carbonyl (C=O) groups is 1. The molecule has 20 heavy (non-hydrogen) atoms. The fraction of sp³-hybridized carbons (Fsp3) is 0.562. The minimum Gasteiger partial charge on any atom is -0.338 e. The van der Waals surface area contributed by atoms with Crippen LogP contribution in [-0.4, -0.2) is 37.0 Å². The second-order valence-corrected chi connectivity index (χ2v) is 6.42. The monoisotopic (exact) mass is 338 g/mol. The van der Waals surface area contributed by atoms with Gasteiger partial charge in [0.05, 0.1) is 0 Å². The maximum atomic E-state index is 12.5. The molecule has 1 N–H and O–H groups in total. The Morgan fingerprint density at radius 3 is 2.95 bits per heavy atom. The van der Waals surface area contributed by atoms with E-state index in [9.17, 15) is 4.79 Å². The zero-order valence-corrected chi connectivity index (χ0v) is 13.8. The van der Waals surface area contributed by atoms with Crippen molar-refractivity contribution in [1.29, 1.82) is 0 Å². The molecule has 110 valence electrons. The quantitative estimate of drug-likeness (QED) is 0.894. The lowest BCUT2D eigenvalue weighted by Gasteiger charge is -2.26. The van der Waals surface area contributed by atoms with E-state index in [2.05, 4.69) is 39.1 Å². The summed E-state index contributed by atoms with van der Waals surface area (Å²) in [7, 11) is 1.95. The first kappa shape index (κ1) is 15.5. The summed E-state index contributed by atoms with van der Waals surface area (Å²) in [5, 5.41) is 3.19. The van der Waals surface area contributed by atoms with Crippen molar-refractivity contribution in [1.82, 2.24) is 10.2 Å². The fourth-order valence-electron chi connectivity index (χ4n) is 2.98. The van der Waals surface area contributed by atoms with Gasteiger partial charge in [0.25, 0.3) is 0 Å². The van der Waals surface area contributed by atoms with Gasteiger partial charge in [0, 0.05) is 30.0 Å². The first-order chi connectivity index (χ1) is 9.63. The summed E-state index contributed by atoms with van der Waals surface area (Å²) in [6.07, 6.45) is 2.83. The third kappa shape index (κ3) is 3.61. The molecule has 0 aliphatic carbocycles. The lowest BCUT2D eigenvalue weighted by molar-refractivity contribution is -0.132. The van der Waals surface area contributed by atoms with Gasteiger partial charge in [0.1, 0.15) is 0 Å². The van der Waals surface area contributed by atoms with Crippen molar-refractivity contribution >= 4 is 21.8 Å². The molecule has 3 nitrogen and oxygen atoms in total. The molecule has 1 aromatic rings. The highest BCUT2D eigenvalue weighted by Gasteiger charge is 2.29. The van der Waals surface area contributed by atoms with Gasteiger partial charge in [0.15, 0.2) is 0 Å². The van der Waals surface area contributed by atoms with Crippen LogP contribution in [0.2, 0.25) is 0 Å². The molecular formula is C16H23BrN2O. The molecule has 2 atom stereocenters. The van der Waals surface area contributed by atoms with Gasteiger partial charge in [-0.2, -0.15) is 0 Å². The van der Waals surface area contributed by atoms with E-state index >= 15 is 0 Å². The summed E-state index contributed by atoms with van der Waals surface area (Å²) in [6, 6.07) is 8.54. The number of rotatable bonds is 5. The third-order valence-corrected chi connectivity index (χ3v) is 4.78. The Balaban J connectivity index is 1.99. The number of carbonyl (C=O) groups excluding carboxylic acids is 1. The summed E-state index contributed by atoms with van der Waals surface area (Å²) < 4.78 is 1.09. The van der Waals surface area contributed by atoms with E-state index in [1.54, 1.807) is 0 Å². The van der Waals surface area contributed by atoms with Crippen LogP contribution in [0.1, 0.15) is 37.7 Å². The molecule has 0 aromatic heterocycles. The molecule has 1 aliphatic heterocycles. The number of likely N-dealkylation sites (N-methyl/N-ethyl adjacent to an activating group) is 1. The summed E-state index contributed by atoms with van der Waals surface area (Å²) in [6.45, 7) is 3.93. The van der Waals surface area contributed by atoms with Crippen LogP contribution in [0.25, 0.3) is 0 Å². The summed E-state index contributed by atoms with van der Waals surface area (Å²) in [5.74, 6) is 0.528. The van der Waals surface area contributed by atoms with Crippen molar-refractivity contribution in [3.63, 3.8) is 0 Å². The minimum atomic E-state index is 0.244. The molecule has 2 rings (SSSR count). The first-order valence-corrected chi connectivity index (χ1v) is 8.11. The van der Waals surface area contributed by atoms with Crippen LogP contribution >= 0.6 is 15.9 Å². The molecule has 1 fully saturated rings. The lowest BCUT2D eigenvalue weighted by atomic mass is 9.97. The molecule has 1 aromatic carbocycles. The number of nitrogens with zero attached hydrogens (tertiary/aromatic N) is 1. The molecule has 1 saturated heterocycles. The SMILES string of the molecule is CNC[C@H]1CCCN1C(=O)C[C@H](C)c1ccccc1Br. The van der Waals surface area contributed by atoms with Gasteiger partial charge in [-0.25, -0.2) is 0 Å². The normalized spacial score (nSPS) is 20.1. The zero-order valence-electron chi connectivity index (χ0n) is 12.2. The van der Waals surface area contributed by atoms with Gasteiger partial charge in [-0.05, 0) is 37.4 Å². The number of nitrogens with one attached hydrogen (secondary N) is 1. The molecule has 1 aliphatic rings. The van der Waals surface area contributed by atoms with E-state index in [0.717, 1.165) is 30.4 Å². The molecule has 0 spiro atoms. The second kappa shape index (κ2) is 7.23. The highest BCUT2D eigenvalue weighted by atomic mass is 79.9. The highest BCUT2D eigenvalue weighted by Crippen LogP contribution is 2.28. The molecule has 0 radical (unpaired) electrons. The largest absolute Gasteiger partial charge is 0.338 e. The molecule has 1 amide bonds. The van der Waals surface area contributed by atoms with Crippen LogP contribution in [-0.2, 0) is 4.79 Å². The predicted octanol–water partition coefficient (Wildman–Crippen LogP) is 3.15. The van der Waals surface area contributed by atoms with Crippen molar-refractivity contribution in [3.05, 3.63) is 34.3 Å². The van der Waals surface area contributed by atoms with E-state index < -0.39 is 0 Å². The Morgan fingerprint density at radius 1 is 1.50 bits per heavy atom. The summed E-state index contributed by atoms with van der Waals surface area (Å²) in [4.78, 5) is 14.6. The van der Waals surface area contributed by atoms with E-state index in [1.165, 1.54) is 5.56 Å². The van der Waals surface area contributed by atoms with Crippen LogP contribution in [0, 0.1) is 0 Å². The molecule has 0 unspecified atom stereocenters. The maximum absolute atomic E-state index is 12.5. The van der Waals surface area contributed by atoms with Crippen LogP contribution < -0.4 is 5.32 Å². The maximum Gasteiger partial charge on any atom is 0.223 e. The van der Waals surface area contributed by atoms with Gasteiger partial charge in [-0.1, -0.05) is 41.1 Å². The van der Waals surface area contributed by atoms with Crippen molar-refractivity contribution in [2.45, 2.75) is 38.1 Å². The predicted molar refractivity (Wildman–Crippen MR) is 85.8 cm³/mol. The van der Waals surface area contributed by atoms with Crippen molar-refractivity contribution in [2.75, 3.05) is 20.1 Å². The van der Waals surface area contributed by atoms with Crippen molar-refractivity contribution in [3.8, 4) is 0 Å². The fourth-order valence-corrected chi connectivity index (χ4v) is 3.65. The van der Waals surface area contributed by atoms with Gasteiger partial charge in [-0.15, -0.1) is 0 Å². The standard InChI is InChI=1S/C16H23BrN2O/c1-12(14-7-3-4-8-15(14)17)10-16(20)19-9-5-6-13(19)11-18-2/h3-4,7-8,12-13,18H,5-6,9-11H2,1-2H3/t12-,13+/m0/s1.